The molecule has 0 saturated carbocycles. The molecule has 0 amide bonds. The number of pyridine rings is 1. The molecule has 1 heterocycles. The van der Waals surface area contributed by atoms with Gasteiger partial charge in [-0.3, -0.25) is 4.79 Å². The maximum Gasteiger partial charge on any atom is 0.167 e. The zero-order chi connectivity index (χ0) is 14.0. The maximum absolute atomic E-state index is 12.1. The monoisotopic (exact) mass is 295 g/mol. The molecular weight excluding hydrogens is 285 g/mol. The molecule has 0 bridgehead atoms. The van der Waals surface area contributed by atoms with Gasteiger partial charge in [-0.2, -0.15) is 0 Å². The Bertz CT molecular complexity index is 621. The second kappa shape index (κ2) is 5.47. The van der Waals surface area contributed by atoms with E-state index in [-0.39, 0.29) is 27.9 Å². The van der Waals surface area contributed by atoms with Crippen molar-refractivity contribution >= 4 is 40.5 Å². The minimum atomic E-state index is -0.116. The van der Waals surface area contributed by atoms with Crippen LogP contribution in [-0.2, 0) is 6.42 Å². The Kier molecular flexibility index (Phi) is 3.93. The zero-order valence-corrected chi connectivity index (χ0v) is 11.4. The summed E-state index contributed by atoms with van der Waals surface area (Å²) in [5.41, 5.74) is 12.7. The molecule has 6 heteroatoms. The molecule has 4 N–H and O–H groups in total. The first-order valence-electron chi connectivity index (χ1n) is 5.45. The normalized spacial score (nSPS) is 10.4. The number of carbonyl (C=O) groups excluding carboxylic acids is 1. The number of rotatable bonds is 3. The summed E-state index contributed by atoms with van der Waals surface area (Å²) in [4.78, 5) is 16.0. The number of benzene rings is 1. The van der Waals surface area contributed by atoms with Crippen molar-refractivity contribution in [1.29, 1.82) is 0 Å². The van der Waals surface area contributed by atoms with E-state index in [1.54, 1.807) is 18.3 Å². The van der Waals surface area contributed by atoms with Gasteiger partial charge in [0.15, 0.2) is 5.78 Å². The number of ketones is 1. The molecule has 98 valence electrons. The van der Waals surface area contributed by atoms with Crippen LogP contribution in [0.25, 0.3) is 0 Å². The Morgan fingerprint density at radius 3 is 2.37 bits per heavy atom. The van der Waals surface area contributed by atoms with Gasteiger partial charge in [-0.15, -0.1) is 0 Å². The van der Waals surface area contributed by atoms with Gasteiger partial charge in [0.25, 0.3) is 0 Å². The average Bonchev–Trinajstić information content (AvgIpc) is 2.35. The number of nitrogens with zero attached hydrogens (tertiary/aromatic N) is 1. The number of hydrogen-bond donors (Lipinski definition) is 2. The van der Waals surface area contributed by atoms with Crippen LogP contribution in [0.5, 0.6) is 0 Å². The average molecular weight is 296 g/mol. The van der Waals surface area contributed by atoms with Crippen molar-refractivity contribution in [2.75, 3.05) is 11.5 Å². The van der Waals surface area contributed by atoms with Gasteiger partial charge in [0, 0.05) is 18.2 Å². The zero-order valence-electron chi connectivity index (χ0n) is 9.86. The third kappa shape index (κ3) is 3.16. The van der Waals surface area contributed by atoms with Crippen LogP contribution in [0, 0.1) is 0 Å². The number of nitrogens with two attached hydrogens (primary N) is 2. The molecule has 1 aromatic heterocycles. The molecule has 0 aliphatic rings. The Morgan fingerprint density at radius 1 is 1.16 bits per heavy atom. The molecule has 0 saturated heterocycles. The molecule has 0 aliphatic carbocycles. The van der Waals surface area contributed by atoms with E-state index in [4.69, 9.17) is 34.7 Å². The lowest BCUT2D eigenvalue weighted by Gasteiger charge is -2.06. The maximum atomic E-state index is 12.1. The number of aromatic nitrogens is 1. The second-order valence-electron chi connectivity index (χ2n) is 4.04. The van der Waals surface area contributed by atoms with E-state index < -0.39 is 0 Å². The Morgan fingerprint density at radius 2 is 1.79 bits per heavy atom. The van der Waals surface area contributed by atoms with E-state index in [0.717, 1.165) is 5.56 Å². The molecule has 0 radical (unpaired) electrons. The first-order chi connectivity index (χ1) is 8.97. The fourth-order valence-electron chi connectivity index (χ4n) is 1.64. The van der Waals surface area contributed by atoms with Gasteiger partial charge >= 0.3 is 0 Å². The number of anilines is 2. The summed E-state index contributed by atoms with van der Waals surface area (Å²) in [6, 6.07) is 6.40. The number of halogens is 2. The number of Topliss-reactive ketones (excluding diaryl/α,β-unsaturated/α-hetero) is 1. The van der Waals surface area contributed by atoms with Crippen molar-refractivity contribution in [2.24, 2.45) is 0 Å². The van der Waals surface area contributed by atoms with Gasteiger partial charge in [0.2, 0.25) is 0 Å². The smallest absolute Gasteiger partial charge is 0.167 e. The van der Waals surface area contributed by atoms with E-state index in [2.05, 4.69) is 4.98 Å². The predicted octanol–water partition coefficient (Wildman–Crippen LogP) is 2.98. The van der Waals surface area contributed by atoms with Crippen LogP contribution in [0.1, 0.15) is 15.9 Å². The van der Waals surface area contributed by atoms with Crippen LogP contribution in [-0.4, -0.2) is 10.8 Å². The van der Waals surface area contributed by atoms with Gasteiger partial charge in [-0.05, 0) is 29.8 Å². The topological polar surface area (TPSA) is 82.0 Å². The summed E-state index contributed by atoms with van der Waals surface area (Å²) in [6.07, 6.45) is 1.75. The lowest BCUT2D eigenvalue weighted by molar-refractivity contribution is 0.0993. The molecule has 2 rings (SSSR count). The molecule has 0 fully saturated rings. The molecule has 0 spiro atoms. The summed E-state index contributed by atoms with van der Waals surface area (Å²) in [5, 5.41) is 0.537. The highest BCUT2D eigenvalue weighted by Crippen LogP contribution is 2.29. The van der Waals surface area contributed by atoms with Crippen LogP contribution < -0.4 is 11.5 Å². The van der Waals surface area contributed by atoms with Crippen molar-refractivity contribution in [3.8, 4) is 0 Å². The third-order valence-electron chi connectivity index (χ3n) is 2.61. The van der Waals surface area contributed by atoms with Gasteiger partial charge in [0.1, 0.15) is 5.82 Å². The number of hydrogen-bond acceptors (Lipinski definition) is 4. The number of nitrogen functional groups attached to an aromatic ring is 2. The summed E-state index contributed by atoms with van der Waals surface area (Å²) >= 11 is 11.8. The first-order valence-corrected chi connectivity index (χ1v) is 6.21. The Labute approximate surface area is 120 Å². The molecule has 2 aromatic rings. The summed E-state index contributed by atoms with van der Waals surface area (Å²) < 4.78 is 0. The van der Waals surface area contributed by atoms with Crippen molar-refractivity contribution in [3.63, 3.8) is 0 Å². The van der Waals surface area contributed by atoms with Gasteiger partial charge in [-0.25, -0.2) is 4.98 Å². The van der Waals surface area contributed by atoms with E-state index in [1.165, 1.54) is 12.1 Å². The van der Waals surface area contributed by atoms with Crippen molar-refractivity contribution in [1.82, 2.24) is 4.98 Å². The van der Waals surface area contributed by atoms with Crippen LogP contribution in [0.3, 0.4) is 0 Å². The number of carbonyl (C=O) groups is 1. The lowest BCUT2D eigenvalue weighted by atomic mass is 10.0. The van der Waals surface area contributed by atoms with Gasteiger partial charge in [-0.1, -0.05) is 23.2 Å². The summed E-state index contributed by atoms with van der Waals surface area (Å²) in [6.45, 7) is 0. The van der Waals surface area contributed by atoms with E-state index in [0.29, 0.717) is 11.4 Å². The van der Waals surface area contributed by atoms with Crippen LogP contribution >= 0.6 is 23.2 Å². The van der Waals surface area contributed by atoms with Crippen LogP contribution in [0.15, 0.2) is 30.5 Å². The quantitative estimate of drug-likeness (QED) is 0.674. The minimum Gasteiger partial charge on any atom is -0.396 e. The fraction of sp³-hybridized carbons (Fsp3) is 0.0769. The Balaban J connectivity index is 2.25. The van der Waals surface area contributed by atoms with Crippen LogP contribution in [0.2, 0.25) is 10.0 Å². The summed E-state index contributed by atoms with van der Waals surface area (Å²) in [5.74, 6) is 0.257. The van der Waals surface area contributed by atoms with Crippen molar-refractivity contribution < 1.29 is 4.79 Å². The van der Waals surface area contributed by atoms with Crippen LogP contribution in [0.4, 0.5) is 11.5 Å². The molecule has 1 aromatic carbocycles. The highest BCUT2D eigenvalue weighted by molar-refractivity contribution is 6.39. The molecule has 0 unspecified atom stereocenters. The van der Waals surface area contributed by atoms with E-state index in [1.807, 2.05) is 0 Å². The first kappa shape index (κ1) is 13.6. The SMILES string of the molecule is Nc1cc(CC(=O)c2cc(Cl)c(N)c(Cl)c2)ccn1. The van der Waals surface area contributed by atoms with E-state index >= 15 is 0 Å². The fourth-order valence-corrected chi connectivity index (χ4v) is 2.12. The molecule has 4 nitrogen and oxygen atoms in total. The van der Waals surface area contributed by atoms with Crippen molar-refractivity contribution in [2.45, 2.75) is 6.42 Å². The molecular formula is C13H11Cl2N3O. The highest BCUT2D eigenvalue weighted by Gasteiger charge is 2.12. The lowest BCUT2D eigenvalue weighted by Crippen LogP contribution is -2.05. The standard InChI is InChI=1S/C13H11Cl2N3O/c14-9-5-8(6-10(15)13(9)17)11(19)3-7-1-2-18-12(16)4-7/h1-2,4-6H,3,17H2,(H2,16,18). The predicted molar refractivity (Wildman–Crippen MR) is 77.6 cm³/mol. The van der Waals surface area contributed by atoms with Crippen molar-refractivity contribution in [3.05, 3.63) is 51.6 Å². The van der Waals surface area contributed by atoms with Gasteiger partial charge < -0.3 is 11.5 Å². The highest BCUT2D eigenvalue weighted by atomic mass is 35.5. The molecule has 0 atom stereocenters. The molecule has 19 heavy (non-hydrogen) atoms. The van der Waals surface area contributed by atoms with Gasteiger partial charge in [0.05, 0.1) is 15.7 Å². The minimum absolute atomic E-state index is 0.116. The second-order valence-corrected chi connectivity index (χ2v) is 4.86. The third-order valence-corrected chi connectivity index (χ3v) is 3.24. The summed E-state index contributed by atoms with van der Waals surface area (Å²) in [7, 11) is 0. The largest absolute Gasteiger partial charge is 0.396 e. The van der Waals surface area contributed by atoms with E-state index in [9.17, 15) is 4.79 Å². The molecule has 0 aliphatic heterocycles. The Hall–Kier alpha value is -1.78.